The number of pyridine rings is 1. The average molecular weight is 147 g/mol. The molecule has 0 aliphatic rings. The average Bonchev–Trinajstić information content (AvgIpc) is 2.10. The van der Waals surface area contributed by atoms with E-state index in [2.05, 4.69) is 24.7 Å². The zero-order chi connectivity index (χ0) is 8.69. The molecule has 0 unspecified atom stereocenters. The topological polar surface area (TPSA) is 12.9 Å². The maximum atomic E-state index is 4.08. The lowest BCUT2D eigenvalue weighted by Gasteiger charge is -1.93. The molecule has 1 rings (SSSR count). The van der Waals surface area contributed by atoms with Crippen molar-refractivity contribution in [1.29, 1.82) is 0 Å². The van der Waals surface area contributed by atoms with Gasteiger partial charge >= 0.3 is 0 Å². The van der Waals surface area contributed by atoms with Gasteiger partial charge in [-0.3, -0.25) is 4.98 Å². The van der Waals surface area contributed by atoms with Crippen molar-refractivity contribution < 1.29 is 0 Å². The van der Waals surface area contributed by atoms with Crippen LogP contribution in [0.5, 0.6) is 0 Å². The molecule has 0 saturated carbocycles. The summed E-state index contributed by atoms with van der Waals surface area (Å²) in [6.07, 6.45) is 1.77. The summed E-state index contributed by atoms with van der Waals surface area (Å²) < 4.78 is 0. The molecule has 11 heavy (non-hydrogen) atoms. The van der Waals surface area contributed by atoms with E-state index >= 15 is 0 Å². The molecule has 58 valence electrons. The molecule has 0 fully saturated rings. The first-order valence-corrected chi connectivity index (χ1v) is 3.37. The molecule has 0 amide bonds. The van der Waals surface area contributed by atoms with Crippen LogP contribution in [0.25, 0.3) is 5.57 Å². The lowest BCUT2D eigenvalue weighted by Crippen LogP contribution is -1.80. The van der Waals surface area contributed by atoms with Gasteiger partial charge in [-0.15, -0.1) is 13.2 Å². The van der Waals surface area contributed by atoms with Crippen LogP contribution in [0.1, 0.15) is 12.6 Å². The Hall–Kier alpha value is -1.37. The van der Waals surface area contributed by atoms with Crippen LogP contribution in [-0.2, 0) is 0 Å². The Balaban J connectivity index is 0.000000461. The molecule has 1 aromatic heterocycles. The largest absolute Gasteiger partial charge is 0.257 e. The van der Waals surface area contributed by atoms with E-state index in [4.69, 9.17) is 0 Å². The zero-order valence-electron chi connectivity index (χ0n) is 6.88. The van der Waals surface area contributed by atoms with Crippen molar-refractivity contribution in [3.63, 3.8) is 0 Å². The van der Waals surface area contributed by atoms with Crippen molar-refractivity contribution in [2.75, 3.05) is 0 Å². The Bertz CT molecular complexity index is 214. The van der Waals surface area contributed by atoms with Gasteiger partial charge in [0.15, 0.2) is 0 Å². The van der Waals surface area contributed by atoms with Crippen LogP contribution in [0, 0.1) is 0 Å². The van der Waals surface area contributed by atoms with Gasteiger partial charge in [-0.1, -0.05) is 12.6 Å². The fourth-order valence-corrected chi connectivity index (χ4v) is 0.615. The van der Waals surface area contributed by atoms with Crippen LogP contribution in [0.4, 0.5) is 0 Å². The van der Waals surface area contributed by atoms with Gasteiger partial charge in [0, 0.05) is 6.20 Å². The summed E-state index contributed by atoms with van der Waals surface area (Å²) in [5.41, 5.74) is 1.98. The summed E-state index contributed by atoms with van der Waals surface area (Å²) in [5.74, 6) is 0. The van der Waals surface area contributed by atoms with Crippen molar-refractivity contribution in [3.8, 4) is 0 Å². The first kappa shape index (κ1) is 9.63. The van der Waals surface area contributed by atoms with Gasteiger partial charge in [0.2, 0.25) is 0 Å². The zero-order valence-corrected chi connectivity index (χ0v) is 6.88. The lowest BCUT2D eigenvalue weighted by atomic mass is 10.2. The molecule has 1 heteroatoms. The molecule has 0 aliphatic heterocycles. The second kappa shape index (κ2) is 5.42. The molecule has 1 aromatic rings. The third-order valence-electron chi connectivity index (χ3n) is 1.10. The van der Waals surface area contributed by atoms with E-state index in [1.54, 1.807) is 6.20 Å². The van der Waals surface area contributed by atoms with Crippen molar-refractivity contribution in [3.05, 3.63) is 49.8 Å². The first-order chi connectivity index (χ1) is 5.30. The third-order valence-corrected chi connectivity index (χ3v) is 1.10. The van der Waals surface area contributed by atoms with E-state index in [0.29, 0.717) is 0 Å². The van der Waals surface area contributed by atoms with Crippen LogP contribution in [0.15, 0.2) is 44.1 Å². The van der Waals surface area contributed by atoms with Crippen LogP contribution in [-0.4, -0.2) is 4.98 Å². The highest BCUT2D eigenvalue weighted by molar-refractivity contribution is 5.56. The van der Waals surface area contributed by atoms with Gasteiger partial charge in [0.25, 0.3) is 0 Å². The van der Waals surface area contributed by atoms with Crippen molar-refractivity contribution >= 4 is 5.57 Å². The summed E-state index contributed by atoms with van der Waals surface area (Å²) in [6.45, 7) is 11.7. The Morgan fingerprint density at radius 1 is 1.36 bits per heavy atom. The van der Waals surface area contributed by atoms with E-state index < -0.39 is 0 Å². The van der Waals surface area contributed by atoms with Crippen LogP contribution >= 0.6 is 0 Å². The van der Waals surface area contributed by atoms with Crippen molar-refractivity contribution in [2.24, 2.45) is 0 Å². The van der Waals surface area contributed by atoms with Crippen LogP contribution < -0.4 is 0 Å². The van der Waals surface area contributed by atoms with Gasteiger partial charge in [0.1, 0.15) is 0 Å². The van der Waals surface area contributed by atoms with E-state index in [1.807, 2.05) is 25.1 Å². The van der Waals surface area contributed by atoms with Crippen molar-refractivity contribution in [1.82, 2.24) is 4.98 Å². The number of aromatic nitrogens is 1. The summed E-state index contributed by atoms with van der Waals surface area (Å²) in [6, 6.07) is 5.80. The summed E-state index contributed by atoms with van der Waals surface area (Å²) >= 11 is 0. The second-order valence-corrected chi connectivity index (χ2v) is 2.00. The molecule has 1 heterocycles. The molecule has 0 N–H and O–H groups in total. The quantitative estimate of drug-likeness (QED) is 0.556. The van der Waals surface area contributed by atoms with E-state index in [0.717, 1.165) is 11.3 Å². The number of hydrogen-bond acceptors (Lipinski definition) is 1. The Morgan fingerprint density at radius 2 is 2.00 bits per heavy atom. The summed E-state index contributed by atoms with van der Waals surface area (Å²) in [5, 5.41) is 0. The SMILES string of the molecule is C=C.C=C(C)c1ccccn1. The van der Waals surface area contributed by atoms with E-state index in [9.17, 15) is 0 Å². The van der Waals surface area contributed by atoms with E-state index in [1.165, 1.54) is 0 Å². The predicted octanol–water partition coefficient (Wildman–Crippen LogP) is 2.92. The van der Waals surface area contributed by atoms with Crippen molar-refractivity contribution in [2.45, 2.75) is 6.92 Å². The third kappa shape index (κ3) is 3.36. The molecular formula is C10H13N. The molecule has 1 nitrogen and oxygen atoms in total. The Kier molecular flexibility index (Phi) is 4.74. The molecule has 0 spiro atoms. The fourth-order valence-electron chi connectivity index (χ4n) is 0.615. The number of hydrogen-bond donors (Lipinski definition) is 0. The number of nitrogens with zero attached hydrogens (tertiary/aromatic N) is 1. The smallest absolute Gasteiger partial charge is 0.0652 e. The molecule has 0 atom stereocenters. The van der Waals surface area contributed by atoms with Gasteiger partial charge in [-0.05, 0) is 24.6 Å². The molecule has 0 bridgehead atoms. The van der Waals surface area contributed by atoms with E-state index in [-0.39, 0.29) is 0 Å². The fraction of sp³-hybridized carbons (Fsp3) is 0.100. The Labute approximate surface area is 68.1 Å². The van der Waals surface area contributed by atoms with Crippen LogP contribution in [0.2, 0.25) is 0 Å². The highest BCUT2D eigenvalue weighted by Crippen LogP contribution is 2.04. The minimum Gasteiger partial charge on any atom is -0.257 e. The summed E-state index contributed by atoms with van der Waals surface area (Å²) in [7, 11) is 0. The monoisotopic (exact) mass is 147 g/mol. The predicted molar refractivity (Wildman–Crippen MR) is 50.2 cm³/mol. The number of rotatable bonds is 1. The minimum absolute atomic E-state index is 0.970. The normalized spacial score (nSPS) is 7.73. The molecular weight excluding hydrogens is 134 g/mol. The number of allylic oxidation sites excluding steroid dienone is 1. The first-order valence-electron chi connectivity index (χ1n) is 3.37. The highest BCUT2D eigenvalue weighted by Gasteiger charge is 1.88. The van der Waals surface area contributed by atoms with Crippen LogP contribution in [0.3, 0.4) is 0 Å². The minimum atomic E-state index is 0.970. The molecule has 0 aliphatic carbocycles. The lowest BCUT2D eigenvalue weighted by molar-refractivity contribution is 1.27. The maximum absolute atomic E-state index is 4.08. The van der Waals surface area contributed by atoms with Gasteiger partial charge in [-0.25, -0.2) is 0 Å². The van der Waals surface area contributed by atoms with Gasteiger partial charge in [0.05, 0.1) is 5.69 Å². The Morgan fingerprint density at radius 3 is 2.27 bits per heavy atom. The highest BCUT2D eigenvalue weighted by atomic mass is 14.7. The second-order valence-electron chi connectivity index (χ2n) is 2.00. The molecule has 0 radical (unpaired) electrons. The summed E-state index contributed by atoms with van der Waals surface area (Å²) in [4.78, 5) is 4.08. The standard InChI is InChI=1S/C8H9N.C2H4/c1-7(2)8-5-3-4-6-9-8;1-2/h3-6H,1H2,2H3;1-2H2. The molecule has 0 saturated heterocycles. The molecule has 0 aromatic carbocycles. The van der Waals surface area contributed by atoms with Gasteiger partial charge in [-0.2, -0.15) is 0 Å². The van der Waals surface area contributed by atoms with Gasteiger partial charge < -0.3 is 0 Å². The maximum Gasteiger partial charge on any atom is 0.0652 e.